The Labute approximate surface area is 239 Å². The summed E-state index contributed by atoms with van der Waals surface area (Å²) in [5, 5.41) is 7.90. The molecule has 4 aromatic heterocycles. The summed E-state index contributed by atoms with van der Waals surface area (Å²) in [6.07, 6.45) is -1.36. The Morgan fingerprint density at radius 1 is 1.20 bits per heavy atom. The summed E-state index contributed by atoms with van der Waals surface area (Å²) in [6, 6.07) is 8.93. The number of ether oxygens (including phenoxy) is 1. The van der Waals surface area contributed by atoms with E-state index in [0.717, 1.165) is 11.3 Å². The quantitative estimate of drug-likeness (QED) is 0.201. The molecule has 5 rings (SSSR count). The van der Waals surface area contributed by atoms with E-state index in [1.807, 2.05) is 0 Å². The van der Waals surface area contributed by atoms with Gasteiger partial charge in [0.15, 0.2) is 5.76 Å². The smallest absolute Gasteiger partial charge is 0.291 e. The third-order valence-electron chi connectivity index (χ3n) is 6.04. The number of carbonyl (C=O) groups excluding carboxylic acids is 2. The summed E-state index contributed by atoms with van der Waals surface area (Å²) in [7, 11) is 1.70. The van der Waals surface area contributed by atoms with Crippen molar-refractivity contribution >= 4 is 62.3 Å². The van der Waals surface area contributed by atoms with Crippen LogP contribution in [0.5, 0.6) is 5.75 Å². The third kappa shape index (κ3) is 5.25. The van der Waals surface area contributed by atoms with Gasteiger partial charge in [0.05, 0.1) is 16.9 Å². The maximum absolute atomic E-state index is 13.7. The highest BCUT2D eigenvalue weighted by atomic mass is 35.5. The van der Waals surface area contributed by atoms with E-state index in [2.05, 4.69) is 15.4 Å². The highest BCUT2D eigenvalue weighted by Gasteiger charge is 2.27. The monoisotopic (exact) mass is 605 g/mol. The standard InChI is InChI=1S/C26H19Cl2F2N5O4S/c1-11-15(9-32-35(11)2)14-8-17(23(29)30)33-26-20(14)21(22(40-26)24(31)36)34-25(37)19-6-4-13(39-19)10-38-18-5-3-12(27)7-16(18)28/h3-9,23H,10H2,1-2H3,(H2,31,36)(H,34,37). The van der Waals surface area contributed by atoms with Crippen LogP contribution in [-0.4, -0.2) is 26.6 Å². The van der Waals surface area contributed by atoms with E-state index in [9.17, 15) is 18.4 Å². The fourth-order valence-electron chi connectivity index (χ4n) is 3.99. The van der Waals surface area contributed by atoms with Crippen molar-refractivity contribution in [1.82, 2.24) is 14.8 Å². The fourth-order valence-corrected chi connectivity index (χ4v) is 5.47. The zero-order valence-corrected chi connectivity index (χ0v) is 23.1. The number of fused-ring (bicyclic) bond motifs is 1. The molecule has 0 saturated heterocycles. The number of hydrogen-bond donors (Lipinski definition) is 2. The average molecular weight is 606 g/mol. The van der Waals surface area contributed by atoms with Gasteiger partial charge < -0.3 is 20.2 Å². The van der Waals surface area contributed by atoms with Crippen LogP contribution in [0.2, 0.25) is 10.0 Å². The molecule has 4 heterocycles. The number of nitrogens with two attached hydrogens (primary N) is 1. The first kappa shape index (κ1) is 27.6. The molecule has 0 aliphatic heterocycles. The zero-order chi connectivity index (χ0) is 28.7. The molecule has 3 N–H and O–H groups in total. The van der Waals surface area contributed by atoms with E-state index < -0.39 is 23.9 Å². The number of nitrogens with zero attached hydrogens (tertiary/aromatic N) is 3. The number of carbonyl (C=O) groups is 2. The predicted octanol–water partition coefficient (Wildman–Crippen LogP) is 6.77. The summed E-state index contributed by atoms with van der Waals surface area (Å²) in [4.78, 5) is 29.6. The highest BCUT2D eigenvalue weighted by Crippen LogP contribution is 2.43. The Morgan fingerprint density at radius 3 is 2.62 bits per heavy atom. The number of hydrogen-bond acceptors (Lipinski definition) is 7. The van der Waals surface area contributed by atoms with Crippen molar-refractivity contribution in [3.8, 4) is 16.9 Å². The average Bonchev–Trinajstić information content (AvgIpc) is 3.61. The van der Waals surface area contributed by atoms with E-state index in [-0.39, 0.29) is 33.1 Å². The van der Waals surface area contributed by atoms with Crippen molar-refractivity contribution in [3.05, 3.63) is 80.4 Å². The van der Waals surface area contributed by atoms with Crippen LogP contribution >= 0.6 is 34.5 Å². The van der Waals surface area contributed by atoms with Crippen LogP contribution in [0, 0.1) is 6.92 Å². The van der Waals surface area contributed by atoms with Gasteiger partial charge in [0.2, 0.25) is 0 Å². The first-order valence-corrected chi connectivity index (χ1v) is 13.1. The van der Waals surface area contributed by atoms with Crippen molar-refractivity contribution in [2.75, 3.05) is 5.32 Å². The number of halogens is 4. The molecule has 0 atom stereocenters. The lowest BCUT2D eigenvalue weighted by molar-refractivity contribution is 0.0992. The molecule has 0 aliphatic carbocycles. The van der Waals surface area contributed by atoms with Crippen LogP contribution in [0.25, 0.3) is 21.3 Å². The molecular weight excluding hydrogens is 587 g/mol. The second-order valence-corrected chi connectivity index (χ2v) is 10.4. The number of nitrogens with one attached hydrogen (secondary N) is 1. The molecule has 0 spiro atoms. The summed E-state index contributed by atoms with van der Waals surface area (Å²) < 4.78 is 40.3. The van der Waals surface area contributed by atoms with Crippen LogP contribution in [0.4, 0.5) is 14.5 Å². The molecule has 0 bridgehead atoms. The Kier molecular flexibility index (Phi) is 7.49. The lowest BCUT2D eigenvalue weighted by Gasteiger charge is -2.10. The maximum atomic E-state index is 13.7. The number of alkyl halides is 2. The summed E-state index contributed by atoms with van der Waals surface area (Å²) in [5.74, 6) is -0.967. The van der Waals surface area contributed by atoms with Gasteiger partial charge in [0.25, 0.3) is 18.2 Å². The van der Waals surface area contributed by atoms with Gasteiger partial charge in [-0.05, 0) is 48.9 Å². The minimum Gasteiger partial charge on any atom is -0.484 e. The number of aromatic nitrogens is 3. The van der Waals surface area contributed by atoms with Crippen molar-refractivity contribution in [3.63, 3.8) is 0 Å². The zero-order valence-electron chi connectivity index (χ0n) is 20.8. The number of pyridine rings is 1. The van der Waals surface area contributed by atoms with Crippen molar-refractivity contribution in [2.45, 2.75) is 20.0 Å². The van der Waals surface area contributed by atoms with Gasteiger partial charge in [-0.25, -0.2) is 13.8 Å². The highest BCUT2D eigenvalue weighted by molar-refractivity contribution is 7.21. The number of anilines is 1. The summed E-state index contributed by atoms with van der Waals surface area (Å²) in [6.45, 7) is 1.73. The van der Waals surface area contributed by atoms with E-state index in [0.29, 0.717) is 38.4 Å². The van der Waals surface area contributed by atoms with E-state index >= 15 is 0 Å². The molecule has 0 aliphatic rings. The Hall–Kier alpha value is -4.00. The largest absolute Gasteiger partial charge is 0.484 e. The predicted molar refractivity (Wildman–Crippen MR) is 147 cm³/mol. The van der Waals surface area contributed by atoms with Gasteiger partial charge in [-0.1, -0.05) is 23.2 Å². The van der Waals surface area contributed by atoms with Crippen molar-refractivity contribution in [1.29, 1.82) is 0 Å². The SMILES string of the molecule is Cc1c(-c2cc(C(F)F)nc3sc(C(N)=O)c(NC(=O)c4ccc(COc5ccc(Cl)cc5Cl)o4)c23)cnn1C. The van der Waals surface area contributed by atoms with Crippen LogP contribution < -0.4 is 15.8 Å². The Balaban J connectivity index is 1.50. The lowest BCUT2D eigenvalue weighted by atomic mass is 10.0. The fraction of sp³-hybridized carbons (Fsp3) is 0.154. The number of thiophene rings is 1. The maximum Gasteiger partial charge on any atom is 0.291 e. The van der Waals surface area contributed by atoms with Crippen LogP contribution in [-0.2, 0) is 13.7 Å². The van der Waals surface area contributed by atoms with E-state index in [1.165, 1.54) is 24.4 Å². The van der Waals surface area contributed by atoms with Gasteiger partial charge in [-0.15, -0.1) is 11.3 Å². The van der Waals surface area contributed by atoms with Gasteiger partial charge in [-0.2, -0.15) is 5.10 Å². The number of benzene rings is 1. The minimum absolute atomic E-state index is 0.0335. The molecule has 0 unspecified atom stereocenters. The first-order valence-electron chi connectivity index (χ1n) is 11.6. The summed E-state index contributed by atoms with van der Waals surface area (Å²) >= 11 is 12.8. The molecule has 14 heteroatoms. The number of aryl methyl sites for hydroxylation is 1. The normalized spacial score (nSPS) is 11.4. The Bertz CT molecular complexity index is 1780. The van der Waals surface area contributed by atoms with Gasteiger partial charge >= 0.3 is 0 Å². The third-order valence-corrected chi connectivity index (χ3v) is 7.67. The van der Waals surface area contributed by atoms with Crippen molar-refractivity contribution in [2.24, 2.45) is 12.8 Å². The number of amides is 2. The number of rotatable bonds is 8. The van der Waals surface area contributed by atoms with Crippen LogP contribution in [0.15, 0.2) is 47.0 Å². The molecule has 0 fully saturated rings. The second kappa shape index (κ2) is 10.9. The molecule has 2 amide bonds. The van der Waals surface area contributed by atoms with Gasteiger partial charge in [0, 0.05) is 28.7 Å². The molecule has 40 heavy (non-hydrogen) atoms. The Morgan fingerprint density at radius 2 is 1.98 bits per heavy atom. The first-order chi connectivity index (χ1) is 19.0. The summed E-state index contributed by atoms with van der Waals surface area (Å²) in [5.41, 5.74) is 6.67. The van der Waals surface area contributed by atoms with Crippen molar-refractivity contribution < 1.29 is 27.5 Å². The topological polar surface area (TPSA) is 125 Å². The van der Waals surface area contributed by atoms with Gasteiger partial charge in [0.1, 0.15) is 33.5 Å². The number of furan rings is 1. The second-order valence-electron chi connectivity index (χ2n) is 8.60. The van der Waals surface area contributed by atoms with Crippen LogP contribution in [0.3, 0.4) is 0 Å². The van der Waals surface area contributed by atoms with E-state index in [4.69, 9.17) is 38.1 Å². The van der Waals surface area contributed by atoms with E-state index in [1.54, 1.807) is 36.9 Å². The molecular formula is C26H19Cl2F2N5O4S. The lowest BCUT2D eigenvalue weighted by Crippen LogP contribution is -2.16. The molecule has 9 nitrogen and oxygen atoms in total. The minimum atomic E-state index is -2.87. The molecule has 0 saturated carbocycles. The molecule has 5 aromatic rings. The van der Waals surface area contributed by atoms with Gasteiger partial charge in [-0.3, -0.25) is 14.3 Å². The molecule has 0 radical (unpaired) electrons. The molecule has 206 valence electrons. The van der Waals surface area contributed by atoms with Crippen LogP contribution in [0.1, 0.15) is 43.8 Å². The number of primary amides is 1. The molecule has 1 aromatic carbocycles.